The Kier molecular flexibility index (Phi) is 6.19. The molecule has 0 radical (unpaired) electrons. The van der Waals surface area contributed by atoms with Crippen molar-refractivity contribution in [2.45, 2.75) is 30.2 Å². The summed E-state index contributed by atoms with van der Waals surface area (Å²) in [5, 5.41) is 2.73. The van der Waals surface area contributed by atoms with Crippen LogP contribution in [0.5, 0.6) is 0 Å². The van der Waals surface area contributed by atoms with E-state index in [1.165, 1.54) is 35.6 Å². The van der Waals surface area contributed by atoms with E-state index in [9.17, 15) is 26.6 Å². The molecule has 34 heavy (non-hydrogen) atoms. The Balaban J connectivity index is 1.77. The van der Waals surface area contributed by atoms with Gasteiger partial charge in [-0.15, -0.1) is 0 Å². The van der Waals surface area contributed by atoms with Crippen molar-refractivity contribution in [1.29, 1.82) is 4.78 Å². The number of nitrogens with one attached hydrogen (secondary N) is 2. The van der Waals surface area contributed by atoms with Crippen molar-refractivity contribution in [2.24, 2.45) is 0 Å². The number of amides is 1. The number of halogens is 4. The highest BCUT2D eigenvalue weighted by atomic mass is 32.2. The predicted octanol–water partition coefficient (Wildman–Crippen LogP) is 4.82. The van der Waals surface area contributed by atoms with E-state index in [0.29, 0.717) is 0 Å². The van der Waals surface area contributed by atoms with Gasteiger partial charge in [0, 0.05) is 55.5 Å². The van der Waals surface area contributed by atoms with Gasteiger partial charge in [0.2, 0.25) is 5.92 Å². The lowest BCUT2D eigenvalue weighted by molar-refractivity contribution is -0.0102. The normalized spacial score (nSPS) is 17.7. The van der Waals surface area contributed by atoms with Crippen LogP contribution in [0.25, 0.3) is 10.9 Å². The highest BCUT2D eigenvalue weighted by molar-refractivity contribution is 7.91. The van der Waals surface area contributed by atoms with Gasteiger partial charge >= 0.3 is 0 Å². The molecule has 7 nitrogen and oxygen atoms in total. The number of nitrogens with zero attached hydrogens (tertiary/aromatic N) is 3. The van der Waals surface area contributed by atoms with E-state index < -0.39 is 39.6 Å². The van der Waals surface area contributed by atoms with Crippen LogP contribution in [-0.2, 0) is 9.73 Å². The maximum Gasteiger partial charge on any atom is 0.259 e. The molecule has 1 atom stereocenters. The van der Waals surface area contributed by atoms with E-state index in [0.717, 1.165) is 12.1 Å². The number of carbonyl (C=O) groups excluding carboxylic acids is 1. The summed E-state index contributed by atoms with van der Waals surface area (Å²) in [6.07, 6.45) is 1.90. The van der Waals surface area contributed by atoms with Crippen molar-refractivity contribution in [1.82, 2.24) is 9.97 Å². The fourth-order valence-electron chi connectivity index (χ4n) is 3.74. The largest absolute Gasteiger partial charge is 0.356 e. The van der Waals surface area contributed by atoms with E-state index in [4.69, 9.17) is 4.78 Å². The molecule has 1 unspecified atom stereocenters. The first kappa shape index (κ1) is 23.9. The molecule has 180 valence electrons. The Morgan fingerprint density at radius 1 is 1.15 bits per heavy atom. The quantitative estimate of drug-likeness (QED) is 0.506. The summed E-state index contributed by atoms with van der Waals surface area (Å²) >= 11 is 0. The monoisotopic (exact) mass is 495 g/mol. The van der Waals surface area contributed by atoms with E-state index in [-0.39, 0.29) is 58.9 Å². The number of fused-ring (bicyclic) bond motifs is 1. The Labute approximate surface area is 193 Å². The van der Waals surface area contributed by atoms with E-state index >= 15 is 0 Å². The van der Waals surface area contributed by atoms with Gasteiger partial charge in [-0.1, -0.05) is 0 Å². The van der Waals surface area contributed by atoms with E-state index in [1.807, 2.05) is 0 Å². The van der Waals surface area contributed by atoms with Crippen LogP contribution >= 0.6 is 0 Å². The maximum atomic E-state index is 13.9. The SMILES string of the molecule is CS(=N)(=O)c1cc(NC(=O)c2cc3cc(F)c(F)cc3nc2N2CCCC(F)(F)CC2)ccn1. The lowest BCUT2D eigenvalue weighted by Gasteiger charge is -2.24. The molecule has 1 fully saturated rings. The summed E-state index contributed by atoms with van der Waals surface area (Å²) in [6, 6.07) is 5.86. The summed E-state index contributed by atoms with van der Waals surface area (Å²) in [6.45, 7) is 0.125. The van der Waals surface area contributed by atoms with Crippen molar-refractivity contribution in [3.05, 3.63) is 53.7 Å². The predicted molar refractivity (Wildman–Crippen MR) is 120 cm³/mol. The number of benzene rings is 1. The van der Waals surface area contributed by atoms with Gasteiger partial charge in [-0.05, 0) is 30.7 Å². The highest BCUT2D eigenvalue weighted by Crippen LogP contribution is 2.32. The summed E-state index contributed by atoms with van der Waals surface area (Å²) in [7, 11) is -3.14. The zero-order valence-corrected chi connectivity index (χ0v) is 18.9. The molecule has 1 saturated heterocycles. The van der Waals surface area contributed by atoms with Gasteiger partial charge in [0.05, 0.1) is 20.8 Å². The number of alkyl halides is 2. The van der Waals surface area contributed by atoms with Crippen molar-refractivity contribution < 1.29 is 26.6 Å². The average molecular weight is 496 g/mol. The van der Waals surface area contributed by atoms with Crippen LogP contribution in [0.1, 0.15) is 29.6 Å². The molecule has 1 aliphatic rings. The van der Waals surface area contributed by atoms with Crippen LogP contribution in [-0.4, -0.2) is 45.4 Å². The molecule has 0 spiro atoms. The Hall–Kier alpha value is -3.28. The third-order valence-corrected chi connectivity index (χ3v) is 6.51. The Morgan fingerprint density at radius 2 is 1.88 bits per heavy atom. The molecule has 0 aliphatic carbocycles. The minimum Gasteiger partial charge on any atom is -0.356 e. The van der Waals surface area contributed by atoms with Gasteiger partial charge < -0.3 is 10.2 Å². The molecule has 1 amide bonds. The van der Waals surface area contributed by atoms with Crippen molar-refractivity contribution in [2.75, 3.05) is 29.6 Å². The topological polar surface area (TPSA) is 99.0 Å². The third-order valence-electron chi connectivity index (χ3n) is 5.49. The first-order chi connectivity index (χ1) is 15.9. The second-order valence-corrected chi connectivity index (χ2v) is 10.3. The fourth-order valence-corrected chi connectivity index (χ4v) is 4.35. The van der Waals surface area contributed by atoms with Crippen LogP contribution in [0, 0.1) is 16.4 Å². The number of anilines is 2. The average Bonchev–Trinajstić information content (AvgIpc) is 2.94. The molecule has 1 aromatic carbocycles. The van der Waals surface area contributed by atoms with Crippen LogP contribution in [0.15, 0.2) is 41.6 Å². The minimum atomic E-state index is -3.14. The van der Waals surface area contributed by atoms with Crippen LogP contribution in [0.4, 0.5) is 29.1 Å². The van der Waals surface area contributed by atoms with Gasteiger partial charge in [0.1, 0.15) is 10.8 Å². The first-order valence-corrected chi connectivity index (χ1v) is 12.3. The maximum absolute atomic E-state index is 13.9. The lowest BCUT2D eigenvalue weighted by atomic mass is 10.1. The number of pyridine rings is 2. The smallest absolute Gasteiger partial charge is 0.259 e. The molecule has 3 heterocycles. The number of aromatic nitrogens is 2. The van der Waals surface area contributed by atoms with Crippen LogP contribution < -0.4 is 10.2 Å². The zero-order chi connectivity index (χ0) is 24.7. The lowest BCUT2D eigenvalue weighted by Crippen LogP contribution is -2.29. The summed E-state index contributed by atoms with van der Waals surface area (Å²) in [5.41, 5.74) is 0.258. The molecule has 2 aromatic heterocycles. The van der Waals surface area contributed by atoms with Crippen molar-refractivity contribution in [3.63, 3.8) is 0 Å². The summed E-state index contributed by atoms with van der Waals surface area (Å²) in [4.78, 5) is 23.0. The standard InChI is InChI=1S/C22H21F4N5O2S/c1-34(27,33)19-11-14(3-6-28-19)29-21(32)15-9-13-10-16(23)17(24)12-18(13)30-20(15)31-7-2-4-22(25,26)5-8-31/h3,6,9-12,27H,2,4-5,7-8H2,1H3,(H,28,29,32). The van der Waals surface area contributed by atoms with Gasteiger partial charge in [-0.2, -0.15) is 0 Å². The molecule has 0 bridgehead atoms. The number of hydrogen-bond donors (Lipinski definition) is 2. The number of rotatable bonds is 4. The van der Waals surface area contributed by atoms with Gasteiger partial charge in [-0.3, -0.25) is 4.79 Å². The molecule has 4 rings (SSSR count). The summed E-state index contributed by atoms with van der Waals surface area (Å²) in [5.74, 6) is -5.69. The number of carbonyl (C=O) groups is 1. The van der Waals surface area contributed by atoms with Gasteiger partial charge in [0.15, 0.2) is 11.6 Å². The van der Waals surface area contributed by atoms with Crippen molar-refractivity contribution in [3.8, 4) is 0 Å². The first-order valence-electron chi connectivity index (χ1n) is 10.4. The third kappa shape index (κ3) is 5.11. The van der Waals surface area contributed by atoms with Crippen molar-refractivity contribution >= 4 is 38.0 Å². The minimum absolute atomic E-state index is 0.0230. The Morgan fingerprint density at radius 3 is 2.62 bits per heavy atom. The van der Waals surface area contributed by atoms with E-state index in [1.54, 1.807) is 0 Å². The van der Waals surface area contributed by atoms with Gasteiger partial charge in [-0.25, -0.2) is 36.5 Å². The Bertz CT molecular complexity index is 1380. The highest BCUT2D eigenvalue weighted by Gasteiger charge is 2.33. The molecular formula is C22H21F4N5O2S. The molecule has 0 saturated carbocycles. The second-order valence-electron chi connectivity index (χ2n) is 8.20. The number of hydrogen-bond acceptors (Lipinski definition) is 6. The molecule has 1 aliphatic heterocycles. The molecule has 3 aromatic rings. The molecular weight excluding hydrogens is 474 g/mol. The van der Waals surface area contributed by atoms with E-state index in [2.05, 4.69) is 15.3 Å². The fraction of sp³-hybridized carbons (Fsp3) is 0.318. The van der Waals surface area contributed by atoms with Crippen LogP contribution in [0.3, 0.4) is 0 Å². The van der Waals surface area contributed by atoms with Crippen LogP contribution in [0.2, 0.25) is 0 Å². The summed E-state index contributed by atoms with van der Waals surface area (Å²) < 4.78 is 75.2. The van der Waals surface area contributed by atoms with Gasteiger partial charge in [0.25, 0.3) is 5.91 Å². The molecule has 2 N–H and O–H groups in total. The molecule has 12 heteroatoms. The zero-order valence-electron chi connectivity index (χ0n) is 18.1. The second kappa shape index (κ2) is 8.82.